The third kappa shape index (κ3) is 3.16. The van der Waals surface area contributed by atoms with Crippen LogP contribution in [0.4, 0.5) is 5.69 Å². The van der Waals surface area contributed by atoms with Gasteiger partial charge < -0.3 is 15.2 Å². The van der Waals surface area contributed by atoms with Gasteiger partial charge in [0.2, 0.25) is 0 Å². The van der Waals surface area contributed by atoms with E-state index >= 15 is 0 Å². The number of nitrogens with one attached hydrogen (secondary N) is 1. The van der Waals surface area contributed by atoms with Crippen molar-refractivity contribution in [1.82, 2.24) is 0 Å². The van der Waals surface area contributed by atoms with Crippen LogP contribution < -0.4 is 10.1 Å². The zero-order valence-corrected chi connectivity index (χ0v) is 11.5. The monoisotopic (exact) mass is 271 g/mol. The minimum Gasteiger partial charge on any atom is -0.496 e. The SMILES string of the molecule is COc1ccc(NC(=O)c2ccc(C)cc2)cc1CO. The Balaban J connectivity index is 2.17. The van der Waals surface area contributed by atoms with Gasteiger partial charge in [-0.05, 0) is 37.3 Å². The maximum Gasteiger partial charge on any atom is 0.255 e. The van der Waals surface area contributed by atoms with Crippen LogP contribution in [0, 0.1) is 6.92 Å². The van der Waals surface area contributed by atoms with Crippen molar-refractivity contribution in [3.63, 3.8) is 0 Å². The molecule has 0 bridgehead atoms. The molecule has 0 fully saturated rings. The van der Waals surface area contributed by atoms with E-state index in [1.54, 1.807) is 37.4 Å². The lowest BCUT2D eigenvalue weighted by Crippen LogP contribution is -2.12. The van der Waals surface area contributed by atoms with Crippen molar-refractivity contribution >= 4 is 11.6 Å². The Kier molecular flexibility index (Phi) is 4.38. The highest BCUT2D eigenvalue weighted by atomic mass is 16.5. The van der Waals surface area contributed by atoms with Gasteiger partial charge in [0, 0.05) is 16.8 Å². The highest BCUT2D eigenvalue weighted by Crippen LogP contribution is 2.23. The number of hydrogen-bond donors (Lipinski definition) is 2. The molecule has 0 heterocycles. The van der Waals surface area contributed by atoms with E-state index < -0.39 is 0 Å². The van der Waals surface area contributed by atoms with E-state index in [1.807, 2.05) is 19.1 Å². The maximum atomic E-state index is 12.1. The van der Waals surface area contributed by atoms with E-state index in [0.29, 0.717) is 22.6 Å². The molecule has 20 heavy (non-hydrogen) atoms. The number of amides is 1. The number of carbonyl (C=O) groups excluding carboxylic acids is 1. The standard InChI is InChI=1S/C16H17NO3/c1-11-3-5-12(6-4-11)16(19)17-14-7-8-15(20-2)13(9-14)10-18/h3-9,18H,10H2,1-2H3,(H,17,19). The van der Waals surface area contributed by atoms with Crippen molar-refractivity contribution in [1.29, 1.82) is 0 Å². The molecule has 0 radical (unpaired) electrons. The van der Waals surface area contributed by atoms with Gasteiger partial charge in [-0.15, -0.1) is 0 Å². The quantitative estimate of drug-likeness (QED) is 0.899. The molecule has 0 aliphatic carbocycles. The van der Waals surface area contributed by atoms with Crippen molar-refractivity contribution in [2.45, 2.75) is 13.5 Å². The lowest BCUT2D eigenvalue weighted by Gasteiger charge is -2.10. The van der Waals surface area contributed by atoms with Crippen LogP contribution in [0.2, 0.25) is 0 Å². The Morgan fingerprint density at radius 2 is 1.90 bits per heavy atom. The van der Waals surface area contributed by atoms with Gasteiger partial charge in [-0.3, -0.25) is 4.79 Å². The van der Waals surface area contributed by atoms with Crippen molar-refractivity contribution in [2.75, 3.05) is 12.4 Å². The van der Waals surface area contributed by atoms with Crippen molar-refractivity contribution in [3.05, 3.63) is 59.2 Å². The molecule has 0 aromatic heterocycles. The third-order valence-corrected chi connectivity index (χ3v) is 3.02. The smallest absolute Gasteiger partial charge is 0.255 e. The van der Waals surface area contributed by atoms with E-state index in [9.17, 15) is 9.90 Å². The number of hydrogen-bond acceptors (Lipinski definition) is 3. The molecular formula is C16H17NO3. The lowest BCUT2D eigenvalue weighted by atomic mass is 10.1. The summed E-state index contributed by atoms with van der Waals surface area (Å²) >= 11 is 0. The number of rotatable bonds is 4. The fraction of sp³-hybridized carbons (Fsp3) is 0.188. The van der Waals surface area contributed by atoms with Gasteiger partial charge in [0.05, 0.1) is 13.7 Å². The molecule has 4 nitrogen and oxygen atoms in total. The summed E-state index contributed by atoms with van der Waals surface area (Å²) in [6, 6.07) is 12.5. The minimum absolute atomic E-state index is 0.141. The van der Waals surface area contributed by atoms with Crippen LogP contribution in [0.5, 0.6) is 5.75 Å². The van der Waals surface area contributed by atoms with Crippen LogP contribution >= 0.6 is 0 Å². The van der Waals surface area contributed by atoms with Gasteiger partial charge in [0.25, 0.3) is 5.91 Å². The van der Waals surface area contributed by atoms with Crippen LogP contribution in [0.3, 0.4) is 0 Å². The van der Waals surface area contributed by atoms with Crippen LogP contribution in [-0.4, -0.2) is 18.1 Å². The highest BCUT2D eigenvalue weighted by Gasteiger charge is 2.08. The Labute approximate surface area is 118 Å². The number of aliphatic hydroxyl groups excluding tert-OH is 1. The first-order valence-corrected chi connectivity index (χ1v) is 6.30. The second-order valence-electron chi connectivity index (χ2n) is 4.50. The maximum absolute atomic E-state index is 12.1. The van der Waals surface area contributed by atoms with Crippen molar-refractivity contribution < 1.29 is 14.6 Å². The molecule has 0 saturated heterocycles. The fourth-order valence-corrected chi connectivity index (χ4v) is 1.89. The summed E-state index contributed by atoms with van der Waals surface area (Å²) in [5.41, 5.74) is 2.96. The average molecular weight is 271 g/mol. The minimum atomic E-state index is -0.181. The molecule has 2 N–H and O–H groups in total. The molecule has 2 aromatic carbocycles. The number of aliphatic hydroxyl groups is 1. The lowest BCUT2D eigenvalue weighted by molar-refractivity contribution is 0.102. The molecule has 0 saturated carbocycles. The van der Waals surface area contributed by atoms with Crippen molar-refractivity contribution in [3.8, 4) is 5.75 Å². The van der Waals surface area contributed by atoms with E-state index in [1.165, 1.54) is 0 Å². The van der Waals surface area contributed by atoms with Gasteiger partial charge in [-0.25, -0.2) is 0 Å². The van der Waals surface area contributed by atoms with E-state index in [4.69, 9.17) is 4.74 Å². The van der Waals surface area contributed by atoms with Gasteiger partial charge >= 0.3 is 0 Å². The van der Waals surface area contributed by atoms with Gasteiger partial charge in [-0.1, -0.05) is 17.7 Å². The molecule has 2 rings (SSSR count). The summed E-state index contributed by atoms with van der Waals surface area (Å²) in [6.07, 6.45) is 0. The summed E-state index contributed by atoms with van der Waals surface area (Å²) in [4.78, 5) is 12.1. The van der Waals surface area contributed by atoms with Crippen molar-refractivity contribution in [2.24, 2.45) is 0 Å². The predicted molar refractivity (Wildman–Crippen MR) is 78.0 cm³/mol. The second kappa shape index (κ2) is 6.21. The van der Waals surface area contributed by atoms with Crippen LogP contribution in [0.1, 0.15) is 21.5 Å². The zero-order valence-electron chi connectivity index (χ0n) is 11.5. The Morgan fingerprint density at radius 1 is 1.20 bits per heavy atom. The van der Waals surface area contributed by atoms with Gasteiger partial charge in [0.1, 0.15) is 5.75 Å². The summed E-state index contributed by atoms with van der Waals surface area (Å²) in [6.45, 7) is 1.83. The Bertz CT molecular complexity index is 606. The summed E-state index contributed by atoms with van der Waals surface area (Å²) < 4.78 is 5.12. The first kappa shape index (κ1) is 14.1. The average Bonchev–Trinajstić information content (AvgIpc) is 2.47. The summed E-state index contributed by atoms with van der Waals surface area (Å²) in [5.74, 6) is 0.417. The molecule has 0 atom stereocenters. The highest BCUT2D eigenvalue weighted by molar-refractivity contribution is 6.04. The number of carbonyl (C=O) groups is 1. The molecule has 104 valence electrons. The molecule has 2 aromatic rings. The predicted octanol–water partition coefficient (Wildman–Crippen LogP) is 2.75. The molecule has 0 spiro atoms. The van der Waals surface area contributed by atoms with Crippen LogP contribution in [0.25, 0.3) is 0 Å². The normalized spacial score (nSPS) is 10.2. The molecule has 4 heteroatoms. The molecule has 0 aliphatic heterocycles. The second-order valence-corrected chi connectivity index (χ2v) is 4.50. The third-order valence-electron chi connectivity index (χ3n) is 3.02. The van der Waals surface area contributed by atoms with E-state index in [-0.39, 0.29) is 12.5 Å². The first-order chi connectivity index (χ1) is 9.63. The molecule has 1 amide bonds. The number of methoxy groups -OCH3 is 1. The number of benzene rings is 2. The topological polar surface area (TPSA) is 58.6 Å². The molecule has 0 aliphatic rings. The summed E-state index contributed by atoms with van der Waals surface area (Å²) in [7, 11) is 1.54. The van der Waals surface area contributed by atoms with Crippen LogP contribution in [-0.2, 0) is 6.61 Å². The Hall–Kier alpha value is -2.33. The largest absolute Gasteiger partial charge is 0.496 e. The zero-order chi connectivity index (χ0) is 14.5. The first-order valence-electron chi connectivity index (χ1n) is 6.30. The number of anilines is 1. The van der Waals surface area contributed by atoms with E-state index in [0.717, 1.165) is 5.56 Å². The Morgan fingerprint density at radius 3 is 2.50 bits per heavy atom. The van der Waals surface area contributed by atoms with E-state index in [2.05, 4.69) is 5.32 Å². The number of aryl methyl sites for hydroxylation is 1. The van der Waals surface area contributed by atoms with Crippen LogP contribution in [0.15, 0.2) is 42.5 Å². The van der Waals surface area contributed by atoms with Gasteiger partial charge in [-0.2, -0.15) is 0 Å². The fourth-order valence-electron chi connectivity index (χ4n) is 1.89. The molecular weight excluding hydrogens is 254 g/mol. The van der Waals surface area contributed by atoms with Gasteiger partial charge in [0.15, 0.2) is 0 Å². The summed E-state index contributed by atoms with van der Waals surface area (Å²) in [5, 5.41) is 12.1. The molecule has 0 unspecified atom stereocenters. The number of ether oxygens (including phenoxy) is 1.